The van der Waals surface area contributed by atoms with E-state index in [4.69, 9.17) is 0 Å². The van der Waals surface area contributed by atoms with Crippen LogP contribution in [0, 0.1) is 20.8 Å². The zero-order valence-corrected chi connectivity index (χ0v) is 25.2. The van der Waals surface area contributed by atoms with Gasteiger partial charge in [0.25, 0.3) is 10.0 Å². The van der Waals surface area contributed by atoms with Crippen molar-refractivity contribution in [1.29, 1.82) is 0 Å². The lowest BCUT2D eigenvalue weighted by Crippen LogP contribution is -2.53. The minimum atomic E-state index is -4.09. The van der Waals surface area contributed by atoms with Gasteiger partial charge in [0, 0.05) is 12.6 Å². The predicted molar refractivity (Wildman–Crippen MR) is 161 cm³/mol. The summed E-state index contributed by atoms with van der Waals surface area (Å²) in [6.07, 6.45) is 1.14. The molecule has 2 amide bonds. The number of aryl methyl sites for hydroxylation is 3. The van der Waals surface area contributed by atoms with Crippen LogP contribution in [0.3, 0.4) is 0 Å². The van der Waals surface area contributed by atoms with E-state index in [-0.39, 0.29) is 23.4 Å². The predicted octanol–water partition coefficient (Wildman–Crippen LogP) is 5.53. The fraction of sp³-hybridized carbons (Fsp3) is 0.375. The van der Waals surface area contributed by atoms with Crippen LogP contribution in [-0.2, 0) is 26.2 Å². The third kappa shape index (κ3) is 7.50. The summed E-state index contributed by atoms with van der Waals surface area (Å²) in [5.41, 5.74) is 4.05. The van der Waals surface area contributed by atoms with Gasteiger partial charge in [-0.25, -0.2) is 8.42 Å². The van der Waals surface area contributed by atoms with E-state index in [0.717, 1.165) is 28.7 Å². The zero-order valence-electron chi connectivity index (χ0n) is 24.3. The molecule has 0 aromatic heterocycles. The van der Waals surface area contributed by atoms with Crippen LogP contribution in [0.1, 0.15) is 55.9 Å². The minimum absolute atomic E-state index is 0.0531. The first-order valence-electron chi connectivity index (χ1n) is 13.8. The number of carbonyl (C=O) groups excluding carboxylic acids is 2. The number of amides is 2. The Labute approximate surface area is 239 Å². The van der Waals surface area contributed by atoms with Crippen molar-refractivity contribution in [2.24, 2.45) is 0 Å². The number of rotatable bonds is 12. The lowest BCUT2D eigenvalue weighted by atomic mass is 10.1. The van der Waals surface area contributed by atoms with Gasteiger partial charge in [-0.3, -0.25) is 13.9 Å². The average Bonchev–Trinajstić information content (AvgIpc) is 2.92. The van der Waals surface area contributed by atoms with E-state index in [2.05, 4.69) is 5.32 Å². The molecule has 3 aromatic carbocycles. The second-order valence-electron chi connectivity index (χ2n) is 10.4. The topological polar surface area (TPSA) is 86.8 Å². The maximum absolute atomic E-state index is 14.2. The summed E-state index contributed by atoms with van der Waals surface area (Å²) in [6.45, 7) is 11.2. The Morgan fingerprint density at radius 2 is 1.52 bits per heavy atom. The summed E-state index contributed by atoms with van der Waals surface area (Å²) in [6, 6.07) is 20.5. The molecule has 0 aliphatic carbocycles. The van der Waals surface area contributed by atoms with Crippen LogP contribution >= 0.6 is 0 Å². The average molecular weight is 564 g/mol. The Hall–Kier alpha value is -3.65. The third-order valence-corrected chi connectivity index (χ3v) is 8.83. The van der Waals surface area contributed by atoms with Crippen molar-refractivity contribution in [3.8, 4) is 0 Å². The molecule has 7 nitrogen and oxygen atoms in total. The second kappa shape index (κ2) is 13.6. The van der Waals surface area contributed by atoms with Crippen molar-refractivity contribution in [3.05, 3.63) is 95.1 Å². The number of nitrogens with one attached hydrogen (secondary N) is 1. The van der Waals surface area contributed by atoms with E-state index in [1.165, 1.54) is 21.3 Å². The van der Waals surface area contributed by atoms with Crippen LogP contribution in [-0.4, -0.2) is 43.8 Å². The number of hydrogen-bond acceptors (Lipinski definition) is 4. The van der Waals surface area contributed by atoms with Gasteiger partial charge in [0.15, 0.2) is 0 Å². The summed E-state index contributed by atoms with van der Waals surface area (Å²) >= 11 is 0. The van der Waals surface area contributed by atoms with Crippen molar-refractivity contribution >= 4 is 27.5 Å². The quantitative estimate of drug-likeness (QED) is 0.314. The lowest BCUT2D eigenvalue weighted by molar-refractivity contribution is -0.140. The van der Waals surface area contributed by atoms with Crippen LogP contribution in [0.2, 0.25) is 0 Å². The molecule has 0 spiro atoms. The largest absolute Gasteiger partial charge is 0.352 e. The van der Waals surface area contributed by atoms with Crippen molar-refractivity contribution in [2.45, 2.75) is 77.9 Å². The molecule has 0 bridgehead atoms. The van der Waals surface area contributed by atoms with E-state index in [1.807, 2.05) is 77.9 Å². The second-order valence-corrected chi connectivity index (χ2v) is 12.2. The molecule has 0 heterocycles. The highest BCUT2D eigenvalue weighted by atomic mass is 32.2. The summed E-state index contributed by atoms with van der Waals surface area (Å²) < 4.78 is 29.1. The Morgan fingerprint density at radius 3 is 2.12 bits per heavy atom. The first kappa shape index (κ1) is 30.9. The Kier molecular flexibility index (Phi) is 10.5. The molecule has 0 fully saturated rings. The number of sulfonamides is 1. The first-order chi connectivity index (χ1) is 19.0. The standard InChI is InChI=1S/C32H41N3O4S/c1-7-26(6)33-32(37)29(8-2)34(21-27-14-12-13-23(3)20-27)31(36)22-35(30-18-17-24(4)19-25(30)5)40(38,39)28-15-10-9-11-16-28/h9-20,26,29H,7-8,21-22H2,1-6H3,(H,33,37). The molecule has 3 rings (SSSR count). The van der Waals surface area contributed by atoms with Gasteiger partial charge in [-0.2, -0.15) is 0 Å². The molecule has 0 saturated carbocycles. The van der Waals surface area contributed by atoms with Crippen molar-refractivity contribution in [2.75, 3.05) is 10.8 Å². The zero-order chi connectivity index (χ0) is 29.4. The van der Waals surface area contributed by atoms with Gasteiger partial charge in [-0.1, -0.05) is 79.6 Å². The highest BCUT2D eigenvalue weighted by Gasteiger charge is 2.34. The Balaban J connectivity index is 2.08. The SMILES string of the molecule is CCC(C)NC(=O)C(CC)N(Cc1cccc(C)c1)C(=O)CN(c1ccc(C)cc1C)S(=O)(=O)c1ccccc1. The molecule has 0 aliphatic heterocycles. The van der Waals surface area contributed by atoms with Crippen molar-refractivity contribution in [3.63, 3.8) is 0 Å². The highest BCUT2D eigenvalue weighted by Crippen LogP contribution is 2.28. The molecule has 2 unspecified atom stereocenters. The van der Waals surface area contributed by atoms with E-state index in [1.54, 1.807) is 24.3 Å². The van der Waals surface area contributed by atoms with Gasteiger partial charge in [0.2, 0.25) is 11.8 Å². The normalized spacial score (nSPS) is 12.8. The van der Waals surface area contributed by atoms with Crippen LogP contribution in [0.25, 0.3) is 0 Å². The van der Waals surface area contributed by atoms with Gasteiger partial charge in [0.05, 0.1) is 10.6 Å². The van der Waals surface area contributed by atoms with Gasteiger partial charge in [-0.15, -0.1) is 0 Å². The molecule has 8 heteroatoms. The first-order valence-corrected chi connectivity index (χ1v) is 15.2. The van der Waals surface area contributed by atoms with E-state index < -0.39 is 28.5 Å². The minimum Gasteiger partial charge on any atom is -0.352 e. The highest BCUT2D eigenvalue weighted by molar-refractivity contribution is 7.92. The third-order valence-electron chi connectivity index (χ3n) is 7.05. The van der Waals surface area contributed by atoms with E-state index in [0.29, 0.717) is 12.1 Å². The lowest BCUT2D eigenvalue weighted by Gasteiger charge is -2.34. The van der Waals surface area contributed by atoms with E-state index in [9.17, 15) is 18.0 Å². The number of anilines is 1. The van der Waals surface area contributed by atoms with Crippen LogP contribution in [0.5, 0.6) is 0 Å². The fourth-order valence-corrected chi connectivity index (χ4v) is 6.19. The van der Waals surface area contributed by atoms with Gasteiger partial charge in [0.1, 0.15) is 12.6 Å². The van der Waals surface area contributed by atoms with Crippen molar-refractivity contribution in [1.82, 2.24) is 10.2 Å². The maximum atomic E-state index is 14.2. The molecular formula is C32H41N3O4S. The van der Waals surface area contributed by atoms with E-state index >= 15 is 0 Å². The Bertz CT molecular complexity index is 1420. The summed E-state index contributed by atoms with van der Waals surface area (Å²) in [5.74, 6) is -0.700. The molecule has 214 valence electrons. The summed E-state index contributed by atoms with van der Waals surface area (Å²) in [4.78, 5) is 29.2. The summed E-state index contributed by atoms with van der Waals surface area (Å²) in [7, 11) is -4.09. The number of benzene rings is 3. The molecule has 3 aromatic rings. The van der Waals surface area contributed by atoms with Crippen LogP contribution in [0.15, 0.2) is 77.7 Å². The molecule has 1 N–H and O–H groups in total. The number of nitrogens with zero attached hydrogens (tertiary/aromatic N) is 2. The fourth-order valence-electron chi connectivity index (χ4n) is 4.69. The summed E-state index contributed by atoms with van der Waals surface area (Å²) in [5, 5.41) is 3.00. The van der Waals surface area contributed by atoms with Crippen molar-refractivity contribution < 1.29 is 18.0 Å². The smallest absolute Gasteiger partial charge is 0.264 e. The molecule has 2 atom stereocenters. The monoisotopic (exact) mass is 563 g/mol. The van der Waals surface area contributed by atoms with Crippen LogP contribution in [0.4, 0.5) is 5.69 Å². The molecule has 0 saturated heterocycles. The van der Waals surface area contributed by atoms with Gasteiger partial charge < -0.3 is 10.2 Å². The Morgan fingerprint density at radius 1 is 0.850 bits per heavy atom. The maximum Gasteiger partial charge on any atom is 0.264 e. The van der Waals surface area contributed by atoms with Gasteiger partial charge in [-0.05, 0) is 69.9 Å². The molecule has 40 heavy (non-hydrogen) atoms. The number of carbonyl (C=O) groups is 2. The number of hydrogen-bond donors (Lipinski definition) is 1. The van der Waals surface area contributed by atoms with Gasteiger partial charge >= 0.3 is 0 Å². The molecule has 0 radical (unpaired) electrons. The van der Waals surface area contributed by atoms with Crippen LogP contribution < -0.4 is 9.62 Å². The molecule has 0 aliphatic rings. The molecular weight excluding hydrogens is 522 g/mol.